The largest absolute Gasteiger partial charge is 0.497 e. The monoisotopic (exact) mass is 383 g/mol. The van der Waals surface area contributed by atoms with Crippen LogP contribution in [0.25, 0.3) is 0 Å². The van der Waals surface area contributed by atoms with Crippen molar-refractivity contribution < 1.29 is 14.3 Å². The number of aryl methyl sites for hydroxylation is 1. The number of nitrogens with one attached hydrogen (secondary N) is 1. The van der Waals surface area contributed by atoms with Crippen LogP contribution in [0, 0.1) is 6.92 Å². The Balaban J connectivity index is 1.32. The fourth-order valence-electron chi connectivity index (χ4n) is 3.29. The lowest BCUT2D eigenvalue weighted by molar-refractivity contribution is -0.123. The molecule has 1 aliphatic heterocycles. The first-order valence-electron chi connectivity index (χ1n) is 9.72. The fourth-order valence-corrected chi connectivity index (χ4v) is 3.29. The van der Waals surface area contributed by atoms with Crippen LogP contribution in [0.3, 0.4) is 0 Å². The van der Waals surface area contributed by atoms with Crippen molar-refractivity contribution in [2.24, 2.45) is 0 Å². The molecule has 1 N–H and O–H groups in total. The molecule has 1 amide bonds. The van der Waals surface area contributed by atoms with Crippen LogP contribution >= 0.6 is 0 Å². The summed E-state index contributed by atoms with van der Waals surface area (Å²) in [6.07, 6.45) is 0. The van der Waals surface area contributed by atoms with Crippen molar-refractivity contribution in [3.63, 3.8) is 0 Å². The average Bonchev–Trinajstić information content (AvgIpc) is 2.74. The Morgan fingerprint density at radius 2 is 1.75 bits per heavy atom. The third-order valence-electron chi connectivity index (χ3n) is 5.01. The number of benzene rings is 2. The van der Waals surface area contributed by atoms with Crippen molar-refractivity contribution in [1.29, 1.82) is 0 Å². The number of carbonyl (C=O) groups is 1. The highest BCUT2D eigenvalue weighted by Gasteiger charge is 2.17. The van der Waals surface area contributed by atoms with E-state index in [1.54, 1.807) is 7.11 Å². The summed E-state index contributed by atoms with van der Waals surface area (Å²) in [4.78, 5) is 16.7. The molecule has 0 atom stereocenters. The maximum Gasteiger partial charge on any atom is 0.257 e. The van der Waals surface area contributed by atoms with E-state index in [9.17, 15) is 4.79 Å². The molecule has 0 aliphatic carbocycles. The maximum atomic E-state index is 12.0. The van der Waals surface area contributed by atoms with E-state index in [2.05, 4.69) is 27.2 Å². The molecule has 6 heteroatoms. The van der Waals surface area contributed by atoms with Crippen LogP contribution in [-0.2, 0) is 4.79 Å². The maximum absolute atomic E-state index is 12.0. The molecule has 150 valence electrons. The molecule has 1 heterocycles. The van der Waals surface area contributed by atoms with Crippen LogP contribution in [0.1, 0.15) is 5.56 Å². The van der Waals surface area contributed by atoms with E-state index in [0.29, 0.717) is 6.54 Å². The zero-order valence-electron chi connectivity index (χ0n) is 16.7. The molecule has 0 saturated carbocycles. The number of ether oxygens (including phenoxy) is 2. The predicted octanol–water partition coefficient (Wildman–Crippen LogP) is 2.32. The SMILES string of the molecule is COc1ccc(N2CCN(CCNC(=O)COc3ccccc3C)CC2)cc1. The molecule has 2 aromatic carbocycles. The smallest absolute Gasteiger partial charge is 0.257 e. The molecular weight excluding hydrogens is 354 g/mol. The fraction of sp³-hybridized carbons (Fsp3) is 0.409. The van der Waals surface area contributed by atoms with Crippen LogP contribution in [0.2, 0.25) is 0 Å². The van der Waals surface area contributed by atoms with E-state index in [-0.39, 0.29) is 12.5 Å². The molecule has 1 aliphatic rings. The zero-order valence-corrected chi connectivity index (χ0v) is 16.7. The van der Waals surface area contributed by atoms with Crippen LogP contribution in [0.15, 0.2) is 48.5 Å². The number of amides is 1. The summed E-state index contributed by atoms with van der Waals surface area (Å²) in [5.74, 6) is 1.55. The highest BCUT2D eigenvalue weighted by atomic mass is 16.5. The van der Waals surface area contributed by atoms with Gasteiger partial charge in [-0.1, -0.05) is 18.2 Å². The Bertz CT molecular complexity index is 756. The van der Waals surface area contributed by atoms with Crippen LogP contribution in [0.4, 0.5) is 5.69 Å². The average molecular weight is 383 g/mol. The number of rotatable bonds is 8. The van der Waals surface area contributed by atoms with Gasteiger partial charge in [-0.25, -0.2) is 0 Å². The lowest BCUT2D eigenvalue weighted by atomic mass is 10.2. The summed E-state index contributed by atoms with van der Waals surface area (Å²) in [7, 11) is 1.68. The van der Waals surface area contributed by atoms with Crippen molar-refractivity contribution in [1.82, 2.24) is 10.2 Å². The lowest BCUT2D eigenvalue weighted by Crippen LogP contribution is -2.48. The molecule has 1 saturated heterocycles. The van der Waals surface area contributed by atoms with Gasteiger partial charge < -0.3 is 19.7 Å². The van der Waals surface area contributed by atoms with Crippen LogP contribution < -0.4 is 19.7 Å². The van der Waals surface area contributed by atoms with Gasteiger partial charge in [-0.3, -0.25) is 9.69 Å². The highest BCUT2D eigenvalue weighted by Crippen LogP contribution is 2.20. The molecular formula is C22H29N3O3. The minimum atomic E-state index is -0.0832. The van der Waals surface area contributed by atoms with Gasteiger partial charge in [-0.05, 0) is 42.8 Å². The topological polar surface area (TPSA) is 54.0 Å². The summed E-state index contributed by atoms with van der Waals surface area (Å²) >= 11 is 0. The quantitative estimate of drug-likeness (QED) is 0.758. The molecule has 6 nitrogen and oxygen atoms in total. The third-order valence-corrected chi connectivity index (χ3v) is 5.01. The van der Waals surface area contributed by atoms with Gasteiger partial charge in [0.15, 0.2) is 6.61 Å². The molecule has 3 rings (SSSR count). The number of nitrogens with zero attached hydrogens (tertiary/aromatic N) is 2. The number of para-hydroxylation sites is 1. The normalized spacial score (nSPS) is 14.6. The first-order chi connectivity index (χ1) is 13.7. The van der Waals surface area contributed by atoms with Crippen LogP contribution in [0.5, 0.6) is 11.5 Å². The Hall–Kier alpha value is -2.73. The second-order valence-electron chi connectivity index (χ2n) is 6.93. The van der Waals surface area contributed by atoms with Gasteiger partial charge in [-0.15, -0.1) is 0 Å². The Morgan fingerprint density at radius 1 is 1.04 bits per heavy atom. The third kappa shape index (κ3) is 5.63. The first-order valence-corrected chi connectivity index (χ1v) is 9.72. The lowest BCUT2D eigenvalue weighted by Gasteiger charge is -2.36. The van der Waals surface area contributed by atoms with Gasteiger partial charge in [0.1, 0.15) is 11.5 Å². The molecule has 0 radical (unpaired) electrons. The van der Waals surface area contributed by atoms with E-state index in [4.69, 9.17) is 9.47 Å². The van der Waals surface area contributed by atoms with Crippen molar-refractivity contribution in [2.75, 3.05) is 57.9 Å². The minimum absolute atomic E-state index is 0.0517. The predicted molar refractivity (Wildman–Crippen MR) is 111 cm³/mol. The van der Waals surface area contributed by atoms with Gasteiger partial charge >= 0.3 is 0 Å². The second-order valence-corrected chi connectivity index (χ2v) is 6.93. The second kappa shape index (κ2) is 9.99. The van der Waals surface area contributed by atoms with E-state index < -0.39 is 0 Å². The number of hydrogen-bond donors (Lipinski definition) is 1. The number of anilines is 1. The van der Waals surface area contributed by atoms with Gasteiger partial charge in [0.2, 0.25) is 0 Å². The number of carbonyl (C=O) groups excluding carboxylic acids is 1. The van der Waals surface area contributed by atoms with Crippen LogP contribution in [-0.4, -0.2) is 63.8 Å². The highest BCUT2D eigenvalue weighted by molar-refractivity contribution is 5.77. The molecule has 2 aromatic rings. The summed E-state index contributed by atoms with van der Waals surface area (Å²) in [5, 5.41) is 2.94. The molecule has 0 aromatic heterocycles. The molecule has 28 heavy (non-hydrogen) atoms. The summed E-state index contributed by atoms with van der Waals surface area (Å²) in [6.45, 7) is 7.45. The number of methoxy groups -OCH3 is 1. The summed E-state index contributed by atoms with van der Waals surface area (Å²) in [5.41, 5.74) is 2.26. The zero-order chi connectivity index (χ0) is 19.8. The van der Waals surface area contributed by atoms with Gasteiger partial charge in [-0.2, -0.15) is 0 Å². The van der Waals surface area contributed by atoms with Crippen molar-refractivity contribution in [2.45, 2.75) is 6.92 Å². The Kier molecular flexibility index (Phi) is 7.14. The summed E-state index contributed by atoms with van der Waals surface area (Å²) in [6, 6.07) is 15.9. The van der Waals surface area contributed by atoms with E-state index in [1.165, 1.54) is 5.69 Å². The van der Waals surface area contributed by atoms with E-state index in [1.807, 2.05) is 43.3 Å². The van der Waals surface area contributed by atoms with Crippen molar-refractivity contribution >= 4 is 11.6 Å². The Morgan fingerprint density at radius 3 is 2.43 bits per heavy atom. The van der Waals surface area contributed by atoms with E-state index >= 15 is 0 Å². The van der Waals surface area contributed by atoms with Crippen molar-refractivity contribution in [3.05, 3.63) is 54.1 Å². The number of hydrogen-bond acceptors (Lipinski definition) is 5. The molecule has 1 fully saturated rings. The molecule has 0 bridgehead atoms. The van der Waals surface area contributed by atoms with E-state index in [0.717, 1.165) is 49.8 Å². The first kappa shape index (κ1) is 20.0. The van der Waals surface area contributed by atoms with Crippen molar-refractivity contribution in [3.8, 4) is 11.5 Å². The minimum Gasteiger partial charge on any atom is -0.497 e. The standard InChI is InChI=1S/C22H29N3O3/c1-18-5-3-4-6-21(18)28-17-22(26)23-11-12-24-13-15-25(16-14-24)19-7-9-20(27-2)10-8-19/h3-10H,11-17H2,1-2H3,(H,23,26). The molecule has 0 unspecified atom stereocenters. The summed E-state index contributed by atoms with van der Waals surface area (Å²) < 4.78 is 10.8. The van der Waals surface area contributed by atoms with Gasteiger partial charge in [0.05, 0.1) is 7.11 Å². The van der Waals surface area contributed by atoms with Gasteiger partial charge in [0, 0.05) is 45.0 Å². The Labute approximate surface area is 167 Å². The molecule has 0 spiro atoms. The van der Waals surface area contributed by atoms with Gasteiger partial charge in [0.25, 0.3) is 5.91 Å². The number of piperazine rings is 1.